The summed E-state index contributed by atoms with van der Waals surface area (Å²) < 4.78 is 0. The molecule has 0 unspecified atom stereocenters. The van der Waals surface area contributed by atoms with Gasteiger partial charge in [0.1, 0.15) is 0 Å². The van der Waals surface area contributed by atoms with Crippen molar-refractivity contribution < 1.29 is 28.8 Å². The van der Waals surface area contributed by atoms with Gasteiger partial charge >= 0.3 is 0 Å². The van der Waals surface area contributed by atoms with Gasteiger partial charge in [0.2, 0.25) is 0 Å². The monoisotopic (exact) mass is 864 g/mol. The molecule has 0 aliphatic carbocycles. The van der Waals surface area contributed by atoms with Crippen LogP contribution >= 0.6 is 0 Å². The molecule has 2 aromatic carbocycles. The first kappa shape index (κ1) is 48.1. The summed E-state index contributed by atoms with van der Waals surface area (Å²) in [6, 6.07) is 11.1. The van der Waals surface area contributed by atoms with Crippen molar-refractivity contribution in [1.82, 2.24) is 10.6 Å². The van der Waals surface area contributed by atoms with E-state index in [9.17, 15) is 28.8 Å². The lowest BCUT2D eigenvalue weighted by atomic mass is 10.1. The number of benzene rings is 2. The summed E-state index contributed by atoms with van der Waals surface area (Å²) in [5.41, 5.74) is 84.9. The van der Waals surface area contributed by atoms with Gasteiger partial charge in [-0.25, -0.2) is 9.80 Å². The van der Waals surface area contributed by atoms with Crippen molar-refractivity contribution in [2.75, 3.05) is 9.80 Å². The Morgan fingerprint density at radius 1 is 0.338 bits per heavy atom. The van der Waals surface area contributed by atoms with Crippen LogP contribution < -0.4 is 20.4 Å². The number of carbonyl (C=O) groups excluding carboxylic acids is 6. The van der Waals surface area contributed by atoms with Crippen LogP contribution in [0.4, 0.5) is 11.4 Å². The Labute approximate surface area is 385 Å². The highest BCUT2D eigenvalue weighted by Gasteiger charge is 2.26. The summed E-state index contributed by atoms with van der Waals surface area (Å²) in [5.74, 6) is -3.76. The van der Waals surface area contributed by atoms with Crippen molar-refractivity contribution in [3.05, 3.63) is 291 Å². The number of nitrogens with one attached hydrogen (secondary N) is 2. The Kier molecular flexibility index (Phi) is 19.8. The van der Waals surface area contributed by atoms with E-state index in [4.69, 9.17) is 0 Å². The number of carbonyl (C=O) groups is 6. The van der Waals surface area contributed by atoms with Gasteiger partial charge in [-0.05, 0) is 153 Å². The molecule has 10 nitrogen and oxygen atoms in total. The maximum atomic E-state index is 13.2. The second kappa shape index (κ2) is 28.0. The topological polar surface area (TPSA) is 133 Å². The number of imide groups is 2. The van der Waals surface area contributed by atoms with Crippen LogP contribution in [0.1, 0.15) is 20.7 Å². The van der Waals surface area contributed by atoms with E-state index in [0.717, 1.165) is 34.1 Å². The van der Waals surface area contributed by atoms with Gasteiger partial charge in [0.15, 0.2) is 5.82 Å². The normalized spacial score (nSPS) is 9.35. The largest absolute Gasteiger partial charge is 0.301 e. The first-order chi connectivity index (χ1) is 33.3. The van der Waals surface area contributed by atoms with Crippen LogP contribution in [0.3, 0.4) is 0 Å². The van der Waals surface area contributed by atoms with Crippen LogP contribution in [0.15, 0.2) is 280 Å². The number of anilines is 2. The smallest absolute Gasteiger partial charge is 0.258 e. The first-order valence-corrected chi connectivity index (χ1v) is 18.4. The molecule has 304 valence electrons. The summed E-state index contributed by atoms with van der Waals surface area (Å²) in [6.45, 7) is 3.31. The van der Waals surface area contributed by atoms with Crippen LogP contribution in [-0.2, 0) is 19.2 Å². The predicted octanol–water partition coefficient (Wildman–Crippen LogP) is 6.45. The zero-order valence-corrected chi connectivity index (χ0v) is 34.5. The Morgan fingerprint density at radius 3 is 0.794 bits per heavy atom. The van der Waals surface area contributed by atoms with Crippen LogP contribution in [-0.4, -0.2) is 35.4 Å². The van der Waals surface area contributed by atoms with Crippen molar-refractivity contribution in [2.24, 2.45) is 0 Å². The number of hydrogen-bond donors (Lipinski definition) is 2. The van der Waals surface area contributed by atoms with E-state index in [2.05, 4.69) is 212 Å². The second-order valence-corrected chi connectivity index (χ2v) is 11.4. The quantitative estimate of drug-likeness (QED) is 0.254. The predicted molar refractivity (Wildman–Crippen MR) is 240 cm³/mol. The van der Waals surface area contributed by atoms with E-state index >= 15 is 0 Å². The first-order valence-electron chi connectivity index (χ1n) is 18.4. The lowest BCUT2D eigenvalue weighted by molar-refractivity contribution is -0.121. The summed E-state index contributed by atoms with van der Waals surface area (Å²) in [5, 5.41) is 4.99. The molecule has 2 N–H and O–H groups in total. The zero-order valence-electron chi connectivity index (χ0n) is 34.5. The molecule has 0 atom stereocenters. The maximum Gasteiger partial charge on any atom is 0.258 e. The Hall–Kier alpha value is -12.6. The van der Waals surface area contributed by atoms with E-state index in [-0.39, 0.29) is 28.3 Å². The SMILES string of the molecule is C=C=C=C=C=C=C=C=C=C=C=C=C=C=C=C=C=C=C=C=C=C=C=C=C=C=C=C=C=C=C=C=C=C=C=C(NC(=O)c1ccc(N2C(=O)C=CC2=O)cc1)NC(=O)c1ccc(N2C(=O)C=CC2=O)cc1. The van der Waals surface area contributed by atoms with Gasteiger partial charge < -0.3 is 10.6 Å². The summed E-state index contributed by atoms with van der Waals surface area (Å²) >= 11 is 0. The van der Waals surface area contributed by atoms with Crippen molar-refractivity contribution in [2.45, 2.75) is 0 Å². The van der Waals surface area contributed by atoms with Gasteiger partial charge in [-0.1, -0.05) is 5.73 Å². The molecule has 0 fully saturated rings. The highest BCUT2D eigenvalue weighted by atomic mass is 16.2. The number of rotatable bonds is 6. The van der Waals surface area contributed by atoms with E-state index in [1.165, 1.54) is 48.5 Å². The van der Waals surface area contributed by atoms with Gasteiger partial charge in [0, 0.05) is 127 Å². The van der Waals surface area contributed by atoms with Gasteiger partial charge in [-0.3, -0.25) is 28.8 Å². The highest BCUT2D eigenvalue weighted by Crippen LogP contribution is 2.21. The van der Waals surface area contributed by atoms with E-state index in [1.54, 1.807) is 0 Å². The molecule has 10 heteroatoms. The van der Waals surface area contributed by atoms with Crippen LogP contribution in [0.5, 0.6) is 0 Å². The second-order valence-electron chi connectivity index (χ2n) is 11.4. The molecular weight excluding hydrogens is 849 g/mol. The minimum Gasteiger partial charge on any atom is -0.301 e. The molecule has 68 heavy (non-hydrogen) atoms. The molecular formula is C58H16N4O6. The highest BCUT2D eigenvalue weighted by molar-refractivity contribution is 6.28. The van der Waals surface area contributed by atoms with Crippen molar-refractivity contribution in [3.8, 4) is 0 Å². The molecule has 2 aliphatic rings. The number of nitrogens with zero attached hydrogens (tertiary/aromatic N) is 2. The molecule has 0 saturated carbocycles. The maximum absolute atomic E-state index is 13.2. The van der Waals surface area contributed by atoms with Gasteiger partial charge in [-0.15, -0.1) is 0 Å². The fourth-order valence-electron chi connectivity index (χ4n) is 4.37. The Bertz CT molecular complexity index is 3970. The fraction of sp³-hybridized carbons (Fsp3) is 0. The molecule has 0 saturated heterocycles. The third-order valence-corrected chi connectivity index (χ3v) is 7.08. The molecule has 0 aromatic heterocycles. The van der Waals surface area contributed by atoms with Gasteiger partial charge in [0.25, 0.3) is 35.4 Å². The lowest BCUT2D eigenvalue weighted by Crippen LogP contribution is -2.35. The van der Waals surface area contributed by atoms with Crippen LogP contribution in [0, 0.1) is 0 Å². The minimum absolute atomic E-state index is 0.102. The van der Waals surface area contributed by atoms with Gasteiger partial charge in [-0.2, -0.15) is 0 Å². The fourth-order valence-corrected chi connectivity index (χ4v) is 4.37. The van der Waals surface area contributed by atoms with Crippen LogP contribution in [0.25, 0.3) is 0 Å². The third-order valence-electron chi connectivity index (χ3n) is 7.08. The molecule has 2 aromatic rings. The summed E-state index contributed by atoms with van der Waals surface area (Å²) in [6.07, 6.45) is 4.52. The van der Waals surface area contributed by atoms with E-state index in [1.807, 2.05) is 0 Å². The van der Waals surface area contributed by atoms with Crippen molar-refractivity contribution >= 4 is 46.8 Å². The van der Waals surface area contributed by atoms with Crippen molar-refractivity contribution in [3.63, 3.8) is 0 Å². The summed E-state index contributed by atoms with van der Waals surface area (Å²) in [7, 11) is 0. The lowest BCUT2D eigenvalue weighted by Gasteiger charge is -2.15. The Balaban J connectivity index is 1.57. The van der Waals surface area contributed by atoms with E-state index < -0.39 is 35.4 Å². The zero-order chi connectivity index (χ0) is 48.4. The molecule has 2 heterocycles. The average molecular weight is 865 g/mol. The molecule has 6 amide bonds. The van der Waals surface area contributed by atoms with Crippen molar-refractivity contribution in [1.29, 1.82) is 0 Å². The molecule has 0 radical (unpaired) electrons. The van der Waals surface area contributed by atoms with Crippen LogP contribution in [0.2, 0.25) is 0 Å². The Morgan fingerprint density at radius 2 is 0.559 bits per heavy atom. The molecule has 0 bridgehead atoms. The minimum atomic E-state index is -0.699. The molecule has 4 rings (SSSR count). The molecule has 0 spiro atoms. The van der Waals surface area contributed by atoms with Gasteiger partial charge in [0.05, 0.1) is 11.4 Å². The average Bonchev–Trinajstić information content (AvgIpc) is 3.87. The van der Waals surface area contributed by atoms with E-state index in [0.29, 0.717) is 0 Å². The number of amides is 6. The standard InChI is InChI=1S/C58H16N4O6/c1-2-3-4-5-6-7-8-9-10-11-12-13-14-15-16-17-18-19-20-21-22-23-24-25-26-27-28-29-30-31-32-33-34-35-52(59-57(67)48-36-40-50(41-37-48)61-53(63)44-45-54(61)64)60-58(68)49-38-42-51(43-39-49)62-55(65)46-47-56(62)66/h36-47H,1H2,(H,59,67)(H,60,68). The third kappa shape index (κ3) is 17.2. The molecule has 2 aliphatic heterocycles. The summed E-state index contributed by atoms with van der Waals surface area (Å²) in [4.78, 5) is 76.3. The number of hydrogen-bond acceptors (Lipinski definition) is 6.